The van der Waals surface area contributed by atoms with Crippen LogP contribution in [0.25, 0.3) is 83.9 Å². The zero-order valence-electron chi connectivity index (χ0n) is 36.3. The van der Waals surface area contributed by atoms with Gasteiger partial charge in [0, 0.05) is 38.5 Å². The second-order valence-corrected chi connectivity index (χ2v) is 18.1. The van der Waals surface area contributed by atoms with Crippen molar-refractivity contribution in [3.8, 4) is 78.6 Å². The molecule has 62 heavy (non-hydrogen) atoms. The van der Waals surface area contributed by atoms with E-state index >= 15 is 0 Å². The van der Waals surface area contributed by atoms with E-state index in [1.165, 1.54) is 16.7 Å². The van der Waals surface area contributed by atoms with Crippen LogP contribution in [0.2, 0.25) is 0 Å². The molecule has 0 saturated carbocycles. The zero-order valence-corrected chi connectivity index (χ0v) is 38.5. The molecule has 310 valence electrons. The van der Waals surface area contributed by atoms with Crippen LogP contribution in [-0.2, 0) is 31.9 Å². The number of nitrogens with zero attached hydrogens (tertiary/aromatic N) is 3. The molecule has 0 aliphatic heterocycles. The molecule has 0 radical (unpaired) electrons. The van der Waals surface area contributed by atoms with E-state index in [4.69, 9.17) is 9.97 Å². The van der Waals surface area contributed by atoms with Crippen molar-refractivity contribution in [3.63, 3.8) is 0 Å². The van der Waals surface area contributed by atoms with Gasteiger partial charge < -0.3 is 5.11 Å². The van der Waals surface area contributed by atoms with Crippen LogP contribution in [0.1, 0.15) is 58.2 Å². The Balaban J connectivity index is 0.00000529. The van der Waals surface area contributed by atoms with E-state index in [0.29, 0.717) is 11.4 Å². The van der Waals surface area contributed by atoms with E-state index in [2.05, 4.69) is 199 Å². The fourth-order valence-electron chi connectivity index (χ4n) is 8.29. The van der Waals surface area contributed by atoms with Crippen LogP contribution in [0, 0.1) is 13.0 Å². The minimum atomic E-state index is -0.158. The predicted octanol–water partition coefficient (Wildman–Crippen LogP) is 14.8. The number of aromatic hydroxyl groups is 1. The quantitative estimate of drug-likeness (QED) is 0.162. The van der Waals surface area contributed by atoms with Gasteiger partial charge in [0.15, 0.2) is 0 Å². The van der Waals surface area contributed by atoms with Gasteiger partial charge in [-0.2, -0.15) is 0 Å². The summed E-state index contributed by atoms with van der Waals surface area (Å²) in [6, 6.07) is 61.0. The minimum absolute atomic E-state index is 0. The van der Waals surface area contributed by atoms with Crippen molar-refractivity contribution < 1.29 is 26.2 Å². The van der Waals surface area contributed by atoms with Crippen LogP contribution in [0.3, 0.4) is 0 Å². The molecule has 2 aromatic heterocycles. The molecule has 0 atom stereocenters. The van der Waals surface area contributed by atoms with Gasteiger partial charge in [0.25, 0.3) is 0 Å². The van der Waals surface area contributed by atoms with Gasteiger partial charge in [0.05, 0.1) is 22.3 Å². The first-order valence-corrected chi connectivity index (χ1v) is 21.0. The Hall–Kier alpha value is -6.35. The molecular weight excluding hydrogens is 938 g/mol. The number of benzene rings is 7. The van der Waals surface area contributed by atoms with Crippen LogP contribution < -0.4 is 0 Å². The van der Waals surface area contributed by atoms with Crippen molar-refractivity contribution in [1.29, 1.82) is 0 Å². The monoisotopic (exact) mass is 987 g/mol. The van der Waals surface area contributed by atoms with Crippen molar-refractivity contribution in [1.82, 2.24) is 14.5 Å². The standard InChI is InChI=1S/C57H50N3O.Pt/c1-37-25-27-38(28-26-37)41-29-30-58-50(34-41)43-31-42(32-44(33-43)56(2,3)4)45-22-16-23-51-54(45)59-55(46-21-14-15-24-53(46)61)60(51)52-36-47(39-17-10-8-11-18-39)49(57(5,6)7)35-48(52)40-19-12-9-13-20-40;/h8-30,32-36,61H,1-7H3;/q-1;. The van der Waals surface area contributed by atoms with E-state index in [1.807, 2.05) is 24.4 Å². The van der Waals surface area contributed by atoms with Crippen LogP contribution >= 0.6 is 0 Å². The summed E-state index contributed by atoms with van der Waals surface area (Å²) in [5, 5.41) is 11.6. The van der Waals surface area contributed by atoms with E-state index in [9.17, 15) is 5.11 Å². The van der Waals surface area contributed by atoms with Crippen LogP contribution in [0.15, 0.2) is 170 Å². The van der Waals surface area contributed by atoms with Gasteiger partial charge in [-0.15, -0.1) is 29.3 Å². The number of para-hydroxylation sites is 2. The summed E-state index contributed by atoms with van der Waals surface area (Å²) in [4.78, 5) is 10.4. The molecule has 0 saturated heterocycles. The van der Waals surface area contributed by atoms with Gasteiger partial charge >= 0.3 is 0 Å². The van der Waals surface area contributed by atoms with Crippen molar-refractivity contribution >= 4 is 11.0 Å². The predicted molar refractivity (Wildman–Crippen MR) is 254 cm³/mol. The maximum Gasteiger partial charge on any atom is 0.148 e. The van der Waals surface area contributed by atoms with Crippen molar-refractivity contribution in [3.05, 3.63) is 193 Å². The summed E-state index contributed by atoms with van der Waals surface area (Å²) < 4.78 is 2.25. The first kappa shape index (κ1) is 42.3. The first-order valence-electron chi connectivity index (χ1n) is 21.0. The average Bonchev–Trinajstić information content (AvgIpc) is 3.66. The smallest absolute Gasteiger partial charge is 0.148 e. The summed E-state index contributed by atoms with van der Waals surface area (Å²) in [6.07, 6.45) is 1.89. The molecule has 0 aliphatic carbocycles. The number of phenolic OH excluding ortho intramolecular Hbond substituents is 1. The van der Waals surface area contributed by atoms with Gasteiger partial charge in [-0.3, -0.25) is 9.55 Å². The Morgan fingerprint density at radius 2 is 1.16 bits per heavy atom. The van der Waals surface area contributed by atoms with Gasteiger partial charge in [0.1, 0.15) is 11.6 Å². The number of aromatic nitrogens is 3. The van der Waals surface area contributed by atoms with Crippen molar-refractivity contribution in [2.24, 2.45) is 0 Å². The fraction of sp³-hybridized carbons (Fsp3) is 0.158. The molecule has 0 fully saturated rings. The Bertz CT molecular complexity index is 3040. The SMILES string of the molecule is Cc1ccc(-c2ccnc(-c3[c-]c(-c4cccc5c4nc(-c4ccccc4O)n5-c4cc(-c5ccccc5)c(C(C)(C)C)cc4-c4ccccc4)cc(C(C)(C)C)c3)c2)cc1.[Pt]. The third kappa shape index (κ3) is 8.20. The normalized spacial score (nSPS) is 11.7. The molecular formula is C57H50N3OPt-. The fourth-order valence-corrected chi connectivity index (χ4v) is 8.29. The number of hydrogen-bond donors (Lipinski definition) is 1. The first-order chi connectivity index (χ1) is 29.3. The zero-order chi connectivity index (χ0) is 42.5. The van der Waals surface area contributed by atoms with E-state index < -0.39 is 0 Å². The molecule has 9 rings (SSSR count). The van der Waals surface area contributed by atoms with Crippen LogP contribution in [0.4, 0.5) is 0 Å². The number of pyridine rings is 1. The maximum absolute atomic E-state index is 11.6. The molecule has 0 bridgehead atoms. The van der Waals surface area contributed by atoms with Crippen LogP contribution in [-0.4, -0.2) is 19.6 Å². The second kappa shape index (κ2) is 16.8. The summed E-state index contributed by atoms with van der Waals surface area (Å²) in [5.41, 5.74) is 17.1. The number of imidazole rings is 1. The number of rotatable bonds is 7. The largest absolute Gasteiger partial charge is 0.507 e. The molecule has 0 aliphatic rings. The van der Waals surface area contributed by atoms with E-state index in [-0.39, 0.29) is 37.6 Å². The Labute approximate surface area is 380 Å². The number of phenols is 1. The average molecular weight is 988 g/mol. The topological polar surface area (TPSA) is 50.9 Å². The minimum Gasteiger partial charge on any atom is -0.507 e. The number of hydrogen-bond acceptors (Lipinski definition) is 3. The van der Waals surface area contributed by atoms with E-state index in [1.54, 1.807) is 6.07 Å². The number of aryl methyl sites for hydroxylation is 1. The maximum atomic E-state index is 11.6. The summed E-state index contributed by atoms with van der Waals surface area (Å²) in [5.74, 6) is 0.819. The Kier molecular flexibility index (Phi) is 11.5. The van der Waals surface area contributed by atoms with Crippen molar-refractivity contribution in [2.75, 3.05) is 0 Å². The molecule has 0 unspecified atom stereocenters. The molecule has 2 heterocycles. The molecule has 1 N–H and O–H groups in total. The molecule has 4 nitrogen and oxygen atoms in total. The summed E-state index contributed by atoms with van der Waals surface area (Å²) in [7, 11) is 0. The Morgan fingerprint density at radius 1 is 0.532 bits per heavy atom. The summed E-state index contributed by atoms with van der Waals surface area (Å²) >= 11 is 0. The molecule has 7 aromatic carbocycles. The molecule has 5 heteroatoms. The van der Waals surface area contributed by atoms with Gasteiger partial charge in [-0.25, -0.2) is 4.98 Å². The van der Waals surface area contributed by atoms with Crippen LogP contribution in [0.5, 0.6) is 5.75 Å². The molecule has 0 spiro atoms. The van der Waals surface area contributed by atoms with Gasteiger partial charge in [-0.05, 0) is 87.5 Å². The van der Waals surface area contributed by atoms with Gasteiger partial charge in [-0.1, -0.05) is 173 Å². The third-order valence-electron chi connectivity index (χ3n) is 11.6. The van der Waals surface area contributed by atoms with Gasteiger partial charge in [0.2, 0.25) is 0 Å². The Morgan fingerprint density at radius 3 is 1.82 bits per heavy atom. The van der Waals surface area contributed by atoms with E-state index in [0.717, 1.165) is 72.5 Å². The molecule has 0 amide bonds. The molecule has 9 aromatic rings. The van der Waals surface area contributed by atoms with Crippen molar-refractivity contribution in [2.45, 2.75) is 59.3 Å². The number of fused-ring (bicyclic) bond motifs is 1. The third-order valence-corrected chi connectivity index (χ3v) is 11.6. The second-order valence-electron chi connectivity index (χ2n) is 18.1. The summed E-state index contributed by atoms with van der Waals surface area (Å²) in [6.45, 7) is 15.7.